The van der Waals surface area contributed by atoms with Gasteiger partial charge in [-0.05, 0) is 65.5 Å². The number of hydrogen-bond acceptors (Lipinski definition) is 1. The van der Waals surface area contributed by atoms with Gasteiger partial charge in [-0.15, -0.1) is 0 Å². The molecule has 4 aromatic rings. The van der Waals surface area contributed by atoms with Crippen molar-refractivity contribution in [3.8, 4) is 22.4 Å². The number of pyridine rings is 1. The molecule has 0 radical (unpaired) electrons. The highest BCUT2D eigenvalue weighted by Gasteiger charge is 2.09. The molecule has 1 aromatic heterocycles. The lowest BCUT2D eigenvalue weighted by Gasteiger charge is -2.12. The Morgan fingerprint density at radius 1 is 0.786 bits per heavy atom. The smallest absolute Gasteiger partial charge is 0.0780 e. The van der Waals surface area contributed by atoms with Gasteiger partial charge < -0.3 is 0 Å². The van der Waals surface area contributed by atoms with E-state index in [0.717, 1.165) is 17.7 Å². The fourth-order valence-corrected chi connectivity index (χ4v) is 4.12. The predicted molar refractivity (Wildman–Crippen MR) is 121 cm³/mol. The number of rotatable bonds is 4. The standard InChI is InChI=1S/C27H27N/c1-18(2)16-21-8-13-25-24(17-21)14-15-28-27(25)23-11-9-22(10-12-23)26-19(3)6-5-7-20(26)4/h5-15,17-18H,16H2,1-4H3. The molecule has 140 valence electrons. The van der Waals surface area contributed by atoms with Crippen molar-refractivity contribution >= 4 is 10.8 Å². The number of hydrogen-bond donors (Lipinski definition) is 0. The average molecular weight is 366 g/mol. The second-order valence-electron chi connectivity index (χ2n) is 8.16. The van der Waals surface area contributed by atoms with E-state index < -0.39 is 0 Å². The molecule has 0 N–H and O–H groups in total. The summed E-state index contributed by atoms with van der Waals surface area (Å²) in [5.74, 6) is 0.663. The molecule has 0 fully saturated rings. The van der Waals surface area contributed by atoms with Gasteiger partial charge in [0.05, 0.1) is 5.69 Å². The first-order valence-corrected chi connectivity index (χ1v) is 10.1. The van der Waals surface area contributed by atoms with Crippen LogP contribution in [-0.4, -0.2) is 4.98 Å². The van der Waals surface area contributed by atoms with Gasteiger partial charge in [0, 0.05) is 17.1 Å². The lowest BCUT2D eigenvalue weighted by molar-refractivity contribution is 0.648. The zero-order chi connectivity index (χ0) is 19.7. The third kappa shape index (κ3) is 3.57. The van der Waals surface area contributed by atoms with Gasteiger partial charge in [0.25, 0.3) is 0 Å². The number of fused-ring (bicyclic) bond motifs is 1. The fraction of sp³-hybridized carbons (Fsp3) is 0.222. The fourth-order valence-electron chi connectivity index (χ4n) is 4.12. The summed E-state index contributed by atoms with van der Waals surface area (Å²) in [7, 11) is 0. The Labute approximate surface area is 168 Å². The lowest BCUT2D eigenvalue weighted by atomic mass is 9.94. The van der Waals surface area contributed by atoms with E-state index in [0.29, 0.717) is 5.92 Å². The molecule has 1 heterocycles. The molecule has 0 aliphatic rings. The Balaban J connectivity index is 1.74. The van der Waals surface area contributed by atoms with Crippen molar-refractivity contribution in [2.45, 2.75) is 34.1 Å². The van der Waals surface area contributed by atoms with Gasteiger partial charge in [0.15, 0.2) is 0 Å². The van der Waals surface area contributed by atoms with Crippen LogP contribution >= 0.6 is 0 Å². The summed E-state index contributed by atoms with van der Waals surface area (Å²) in [5, 5.41) is 2.48. The molecule has 0 bridgehead atoms. The molecule has 0 aliphatic heterocycles. The van der Waals surface area contributed by atoms with Crippen LogP contribution in [0.3, 0.4) is 0 Å². The van der Waals surface area contributed by atoms with Crippen LogP contribution in [0.5, 0.6) is 0 Å². The predicted octanol–water partition coefficient (Wildman–Crippen LogP) is 7.38. The first-order valence-electron chi connectivity index (χ1n) is 10.1. The molecule has 3 aromatic carbocycles. The van der Waals surface area contributed by atoms with Crippen molar-refractivity contribution in [3.05, 3.63) is 89.6 Å². The molecule has 0 spiro atoms. The quantitative estimate of drug-likeness (QED) is 0.367. The zero-order valence-electron chi connectivity index (χ0n) is 17.2. The van der Waals surface area contributed by atoms with Crippen molar-refractivity contribution in [2.24, 2.45) is 5.92 Å². The van der Waals surface area contributed by atoms with Crippen LogP contribution in [0.15, 0.2) is 72.9 Å². The van der Waals surface area contributed by atoms with E-state index in [9.17, 15) is 0 Å². The van der Waals surface area contributed by atoms with Gasteiger partial charge >= 0.3 is 0 Å². The third-order valence-corrected chi connectivity index (χ3v) is 5.40. The number of benzene rings is 3. The molecule has 0 aliphatic carbocycles. The van der Waals surface area contributed by atoms with Crippen LogP contribution in [0.25, 0.3) is 33.2 Å². The summed E-state index contributed by atoms with van der Waals surface area (Å²) in [6.07, 6.45) is 3.04. The van der Waals surface area contributed by atoms with Gasteiger partial charge in [-0.25, -0.2) is 0 Å². The maximum absolute atomic E-state index is 4.71. The van der Waals surface area contributed by atoms with Crippen LogP contribution in [0.2, 0.25) is 0 Å². The highest BCUT2D eigenvalue weighted by Crippen LogP contribution is 2.32. The van der Waals surface area contributed by atoms with Gasteiger partial charge in [0.2, 0.25) is 0 Å². The van der Waals surface area contributed by atoms with E-state index in [1.165, 1.54) is 38.6 Å². The second kappa shape index (κ2) is 7.59. The summed E-state index contributed by atoms with van der Waals surface area (Å²) in [5.41, 5.74) is 8.84. The van der Waals surface area contributed by atoms with Crippen molar-refractivity contribution in [1.29, 1.82) is 0 Å². The molecular weight excluding hydrogens is 338 g/mol. The Bertz CT molecular complexity index is 1100. The van der Waals surface area contributed by atoms with E-state index in [1.807, 2.05) is 6.20 Å². The molecule has 1 nitrogen and oxygen atoms in total. The van der Waals surface area contributed by atoms with Crippen molar-refractivity contribution in [3.63, 3.8) is 0 Å². The summed E-state index contributed by atoms with van der Waals surface area (Å²) < 4.78 is 0. The SMILES string of the molecule is Cc1cccc(C)c1-c1ccc(-c2nccc3cc(CC(C)C)ccc23)cc1. The average Bonchev–Trinajstić information content (AvgIpc) is 2.67. The third-order valence-electron chi connectivity index (χ3n) is 5.40. The summed E-state index contributed by atoms with van der Waals surface area (Å²) in [6.45, 7) is 8.88. The summed E-state index contributed by atoms with van der Waals surface area (Å²) in [6, 6.07) is 24.2. The molecule has 0 unspecified atom stereocenters. The minimum atomic E-state index is 0.663. The summed E-state index contributed by atoms with van der Waals surface area (Å²) in [4.78, 5) is 4.71. The Kier molecular flexibility index (Phi) is 5.00. The molecule has 0 saturated heterocycles. The lowest BCUT2D eigenvalue weighted by Crippen LogP contribution is -1.94. The minimum absolute atomic E-state index is 0.663. The molecule has 0 atom stereocenters. The van der Waals surface area contributed by atoms with Gasteiger partial charge in [-0.1, -0.05) is 74.5 Å². The maximum Gasteiger partial charge on any atom is 0.0780 e. The van der Waals surface area contributed by atoms with E-state index in [-0.39, 0.29) is 0 Å². The highest BCUT2D eigenvalue weighted by atomic mass is 14.7. The topological polar surface area (TPSA) is 12.9 Å². The van der Waals surface area contributed by atoms with Crippen LogP contribution < -0.4 is 0 Å². The van der Waals surface area contributed by atoms with E-state index in [4.69, 9.17) is 4.98 Å². The van der Waals surface area contributed by atoms with Crippen molar-refractivity contribution in [1.82, 2.24) is 4.98 Å². The number of aromatic nitrogens is 1. The first kappa shape index (κ1) is 18.4. The van der Waals surface area contributed by atoms with Crippen molar-refractivity contribution in [2.75, 3.05) is 0 Å². The molecular formula is C27H27N. The monoisotopic (exact) mass is 365 g/mol. The van der Waals surface area contributed by atoms with Crippen molar-refractivity contribution < 1.29 is 0 Å². The molecule has 0 saturated carbocycles. The van der Waals surface area contributed by atoms with Gasteiger partial charge in [-0.2, -0.15) is 0 Å². The van der Waals surface area contributed by atoms with Crippen LogP contribution in [0.4, 0.5) is 0 Å². The molecule has 1 heteroatoms. The van der Waals surface area contributed by atoms with Crippen LogP contribution in [0, 0.1) is 19.8 Å². The zero-order valence-corrected chi connectivity index (χ0v) is 17.2. The Hall–Kier alpha value is -2.93. The van der Waals surface area contributed by atoms with Gasteiger partial charge in [0.1, 0.15) is 0 Å². The van der Waals surface area contributed by atoms with Gasteiger partial charge in [-0.3, -0.25) is 4.98 Å². The van der Waals surface area contributed by atoms with E-state index >= 15 is 0 Å². The number of aryl methyl sites for hydroxylation is 2. The minimum Gasteiger partial charge on any atom is -0.256 e. The Morgan fingerprint density at radius 3 is 2.14 bits per heavy atom. The van der Waals surface area contributed by atoms with E-state index in [2.05, 4.69) is 94.4 Å². The van der Waals surface area contributed by atoms with Crippen LogP contribution in [-0.2, 0) is 6.42 Å². The van der Waals surface area contributed by atoms with Crippen LogP contribution in [0.1, 0.15) is 30.5 Å². The normalized spacial score (nSPS) is 11.3. The largest absolute Gasteiger partial charge is 0.256 e. The summed E-state index contributed by atoms with van der Waals surface area (Å²) >= 11 is 0. The molecule has 4 rings (SSSR count). The number of nitrogens with zero attached hydrogens (tertiary/aromatic N) is 1. The van der Waals surface area contributed by atoms with E-state index in [1.54, 1.807) is 0 Å². The Morgan fingerprint density at radius 2 is 1.46 bits per heavy atom. The first-order chi connectivity index (χ1) is 13.5. The second-order valence-corrected chi connectivity index (χ2v) is 8.16. The highest BCUT2D eigenvalue weighted by molar-refractivity contribution is 5.95. The molecule has 28 heavy (non-hydrogen) atoms. The molecule has 0 amide bonds. The maximum atomic E-state index is 4.71.